The Morgan fingerprint density at radius 1 is 1.29 bits per heavy atom. The molecule has 1 aromatic carbocycles. The van der Waals surface area contributed by atoms with Crippen molar-refractivity contribution in [3.63, 3.8) is 0 Å². The van der Waals surface area contributed by atoms with Crippen LogP contribution in [0.25, 0.3) is 0 Å². The highest BCUT2D eigenvalue weighted by molar-refractivity contribution is 9.10. The molecule has 0 amide bonds. The van der Waals surface area contributed by atoms with Crippen LogP contribution in [0.1, 0.15) is 44.6 Å². The van der Waals surface area contributed by atoms with Crippen LogP contribution in [0.2, 0.25) is 5.02 Å². The predicted octanol–water partition coefficient (Wildman–Crippen LogP) is 4.94. The van der Waals surface area contributed by atoms with Crippen molar-refractivity contribution in [2.24, 2.45) is 5.73 Å². The lowest BCUT2D eigenvalue weighted by atomic mass is 10.0. The van der Waals surface area contributed by atoms with Gasteiger partial charge >= 0.3 is 0 Å². The van der Waals surface area contributed by atoms with Gasteiger partial charge in [0.2, 0.25) is 0 Å². The summed E-state index contributed by atoms with van der Waals surface area (Å²) in [6.07, 6.45) is 7.06. The first-order valence-corrected chi connectivity index (χ1v) is 7.50. The third kappa shape index (κ3) is 5.89. The first-order chi connectivity index (χ1) is 8.13. The Morgan fingerprint density at radius 3 is 2.71 bits per heavy atom. The van der Waals surface area contributed by atoms with E-state index in [0.717, 1.165) is 27.9 Å². The molecular weight excluding hydrogens is 298 g/mol. The molecule has 1 nitrogen and oxygen atoms in total. The molecule has 0 aliphatic heterocycles. The van der Waals surface area contributed by atoms with Gasteiger partial charge in [0.25, 0.3) is 0 Å². The van der Waals surface area contributed by atoms with Crippen molar-refractivity contribution in [3.8, 4) is 0 Å². The van der Waals surface area contributed by atoms with Crippen LogP contribution >= 0.6 is 27.5 Å². The van der Waals surface area contributed by atoms with Crippen molar-refractivity contribution in [2.45, 2.75) is 51.5 Å². The average Bonchev–Trinajstić information content (AvgIpc) is 2.28. The molecule has 0 heterocycles. The number of nitrogens with two attached hydrogens (primary N) is 1. The second kappa shape index (κ2) is 8.12. The number of halogens is 2. The predicted molar refractivity (Wildman–Crippen MR) is 79.6 cm³/mol. The van der Waals surface area contributed by atoms with E-state index in [1.165, 1.54) is 25.7 Å². The third-order valence-electron chi connectivity index (χ3n) is 2.93. The van der Waals surface area contributed by atoms with Crippen molar-refractivity contribution in [3.05, 3.63) is 33.3 Å². The molecule has 0 aromatic heterocycles. The van der Waals surface area contributed by atoms with Crippen LogP contribution in [-0.2, 0) is 6.42 Å². The lowest BCUT2D eigenvalue weighted by Crippen LogP contribution is -2.22. The zero-order chi connectivity index (χ0) is 12.7. The molecule has 0 spiro atoms. The van der Waals surface area contributed by atoms with Gasteiger partial charge in [-0.25, -0.2) is 0 Å². The minimum absolute atomic E-state index is 0.227. The van der Waals surface area contributed by atoms with Gasteiger partial charge in [0.15, 0.2) is 0 Å². The maximum absolute atomic E-state index is 6.17. The van der Waals surface area contributed by atoms with Crippen molar-refractivity contribution >= 4 is 27.5 Å². The molecule has 1 atom stereocenters. The Balaban J connectivity index is 2.37. The summed E-state index contributed by atoms with van der Waals surface area (Å²) in [7, 11) is 0. The van der Waals surface area contributed by atoms with E-state index in [9.17, 15) is 0 Å². The second-order valence-corrected chi connectivity index (χ2v) is 5.87. The Labute approximate surface area is 118 Å². The fourth-order valence-corrected chi connectivity index (χ4v) is 2.66. The maximum atomic E-state index is 6.17. The zero-order valence-corrected chi connectivity index (χ0v) is 12.7. The van der Waals surface area contributed by atoms with Crippen molar-refractivity contribution in [2.75, 3.05) is 0 Å². The Morgan fingerprint density at radius 2 is 2.06 bits per heavy atom. The Kier molecular flexibility index (Phi) is 7.17. The van der Waals surface area contributed by atoms with E-state index in [1.54, 1.807) is 0 Å². The summed E-state index contributed by atoms with van der Waals surface area (Å²) in [5.74, 6) is 0. The molecule has 0 fully saturated rings. The normalized spacial score (nSPS) is 12.7. The van der Waals surface area contributed by atoms with E-state index in [0.29, 0.717) is 0 Å². The van der Waals surface area contributed by atoms with Gasteiger partial charge in [-0.3, -0.25) is 0 Å². The molecule has 0 saturated carbocycles. The summed E-state index contributed by atoms with van der Waals surface area (Å²) in [4.78, 5) is 0. The second-order valence-electron chi connectivity index (χ2n) is 4.55. The molecule has 0 radical (unpaired) electrons. The Hall–Kier alpha value is -0.0500. The Bertz CT molecular complexity index is 341. The molecule has 96 valence electrons. The van der Waals surface area contributed by atoms with E-state index in [1.807, 2.05) is 12.1 Å². The smallest absolute Gasteiger partial charge is 0.0449 e. The fraction of sp³-hybridized carbons (Fsp3) is 0.571. The van der Waals surface area contributed by atoms with Gasteiger partial charge in [-0.1, -0.05) is 66.2 Å². The molecule has 0 bridgehead atoms. The number of benzene rings is 1. The highest BCUT2D eigenvalue weighted by Crippen LogP contribution is 2.23. The van der Waals surface area contributed by atoms with Crippen LogP contribution in [0.15, 0.2) is 22.7 Å². The largest absolute Gasteiger partial charge is 0.327 e. The van der Waals surface area contributed by atoms with Gasteiger partial charge in [0, 0.05) is 15.5 Å². The van der Waals surface area contributed by atoms with Crippen LogP contribution in [0.4, 0.5) is 0 Å². The highest BCUT2D eigenvalue weighted by Gasteiger charge is 2.07. The van der Waals surface area contributed by atoms with Crippen LogP contribution in [0.5, 0.6) is 0 Å². The van der Waals surface area contributed by atoms with Crippen LogP contribution in [-0.4, -0.2) is 6.04 Å². The van der Waals surface area contributed by atoms with Crippen molar-refractivity contribution < 1.29 is 0 Å². The van der Waals surface area contributed by atoms with Gasteiger partial charge in [-0.05, 0) is 30.5 Å². The van der Waals surface area contributed by atoms with Gasteiger partial charge < -0.3 is 5.73 Å². The molecule has 3 heteroatoms. The van der Waals surface area contributed by atoms with Gasteiger partial charge in [-0.2, -0.15) is 0 Å². The van der Waals surface area contributed by atoms with E-state index in [2.05, 4.69) is 28.9 Å². The van der Waals surface area contributed by atoms with Crippen LogP contribution in [0, 0.1) is 0 Å². The lowest BCUT2D eigenvalue weighted by Gasteiger charge is -2.12. The van der Waals surface area contributed by atoms with E-state index >= 15 is 0 Å². The van der Waals surface area contributed by atoms with Crippen molar-refractivity contribution in [1.82, 2.24) is 0 Å². The topological polar surface area (TPSA) is 26.0 Å². The number of rotatable bonds is 7. The molecule has 1 rings (SSSR count). The van der Waals surface area contributed by atoms with Crippen molar-refractivity contribution in [1.29, 1.82) is 0 Å². The zero-order valence-electron chi connectivity index (χ0n) is 10.4. The molecule has 2 N–H and O–H groups in total. The average molecular weight is 319 g/mol. The minimum Gasteiger partial charge on any atom is -0.327 e. The SMILES string of the molecule is CCCCCCC(N)Cc1ccc(Br)cc1Cl. The van der Waals surface area contributed by atoms with E-state index in [-0.39, 0.29) is 6.04 Å². The summed E-state index contributed by atoms with van der Waals surface area (Å²) in [5, 5.41) is 0.809. The molecule has 1 aromatic rings. The summed E-state index contributed by atoms with van der Waals surface area (Å²) < 4.78 is 1.02. The van der Waals surface area contributed by atoms with Gasteiger partial charge in [0.05, 0.1) is 0 Å². The standard InChI is InChI=1S/C14H21BrClN/c1-2-3-4-5-6-13(17)9-11-7-8-12(15)10-14(11)16/h7-8,10,13H,2-6,9,17H2,1H3. The molecule has 17 heavy (non-hydrogen) atoms. The number of hydrogen-bond acceptors (Lipinski definition) is 1. The highest BCUT2D eigenvalue weighted by atomic mass is 79.9. The van der Waals surface area contributed by atoms with Gasteiger partial charge in [0.1, 0.15) is 0 Å². The van der Waals surface area contributed by atoms with Crippen LogP contribution in [0.3, 0.4) is 0 Å². The monoisotopic (exact) mass is 317 g/mol. The third-order valence-corrected chi connectivity index (χ3v) is 3.77. The van der Waals surface area contributed by atoms with E-state index in [4.69, 9.17) is 17.3 Å². The summed E-state index contributed by atoms with van der Waals surface area (Å²) >= 11 is 9.58. The summed E-state index contributed by atoms with van der Waals surface area (Å²) in [5.41, 5.74) is 7.28. The van der Waals surface area contributed by atoms with E-state index < -0.39 is 0 Å². The minimum atomic E-state index is 0.227. The van der Waals surface area contributed by atoms with Gasteiger partial charge in [-0.15, -0.1) is 0 Å². The maximum Gasteiger partial charge on any atom is 0.0449 e. The lowest BCUT2D eigenvalue weighted by molar-refractivity contribution is 0.546. The molecule has 0 saturated heterocycles. The first-order valence-electron chi connectivity index (χ1n) is 6.33. The number of hydrogen-bond donors (Lipinski definition) is 1. The van der Waals surface area contributed by atoms with Crippen LogP contribution < -0.4 is 5.73 Å². The molecule has 1 unspecified atom stereocenters. The first kappa shape index (κ1) is 15.0. The molecule has 0 aliphatic carbocycles. The fourth-order valence-electron chi connectivity index (χ4n) is 1.91. The number of unbranched alkanes of at least 4 members (excludes halogenated alkanes) is 3. The summed E-state index contributed by atoms with van der Waals surface area (Å²) in [6, 6.07) is 6.23. The molecular formula is C14H21BrClN. The summed E-state index contributed by atoms with van der Waals surface area (Å²) in [6.45, 7) is 2.22. The molecule has 0 aliphatic rings. The quantitative estimate of drug-likeness (QED) is 0.708.